The second-order valence-corrected chi connectivity index (χ2v) is 3.28. The first kappa shape index (κ1) is 9.18. The summed E-state index contributed by atoms with van der Waals surface area (Å²) in [5.74, 6) is 0. The summed E-state index contributed by atoms with van der Waals surface area (Å²) < 4.78 is 1.75. The molecule has 14 heavy (non-hydrogen) atoms. The molecule has 0 bridgehead atoms. The van der Waals surface area contributed by atoms with Crippen molar-refractivity contribution in [2.45, 2.75) is 6.10 Å². The van der Waals surface area contributed by atoms with E-state index in [1.165, 1.54) is 0 Å². The molecule has 1 atom stereocenters. The average molecular weight is 191 g/mol. The van der Waals surface area contributed by atoms with Crippen LogP contribution in [0.3, 0.4) is 0 Å². The van der Waals surface area contributed by atoms with Gasteiger partial charge in [-0.25, -0.2) is 0 Å². The number of aromatic nitrogens is 2. The van der Waals surface area contributed by atoms with E-state index in [0.29, 0.717) is 5.69 Å². The Balaban J connectivity index is 2.66. The normalized spacial score (nSPS) is 13.4. The maximum absolute atomic E-state index is 9.64. The summed E-state index contributed by atoms with van der Waals surface area (Å²) in [6.45, 7) is 0.195. The van der Waals surface area contributed by atoms with Crippen LogP contribution in [0.4, 0.5) is 0 Å². The lowest BCUT2D eigenvalue weighted by Crippen LogP contribution is -2.12. The van der Waals surface area contributed by atoms with Crippen molar-refractivity contribution in [1.82, 2.24) is 9.78 Å². The van der Waals surface area contributed by atoms with E-state index in [9.17, 15) is 5.11 Å². The fraction of sp³-hybridized carbons (Fsp3) is 0.300. The smallest absolute Gasteiger partial charge is 0.111 e. The van der Waals surface area contributed by atoms with E-state index in [2.05, 4.69) is 5.10 Å². The van der Waals surface area contributed by atoms with Crippen molar-refractivity contribution >= 4 is 10.9 Å². The topological polar surface area (TPSA) is 64.1 Å². The molecular weight excluding hydrogens is 178 g/mol. The molecule has 0 radical (unpaired) electrons. The molecule has 0 unspecified atom stereocenters. The molecule has 0 saturated carbocycles. The van der Waals surface area contributed by atoms with Crippen molar-refractivity contribution in [3.05, 3.63) is 30.0 Å². The third kappa shape index (κ3) is 1.29. The third-order valence-corrected chi connectivity index (χ3v) is 2.33. The highest BCUT2D eigenvalue weighted by Gasteiger charge is 2.14. The lowest BCUT2D eigenvalue weighted by atomic mass is 10.1. The predicted octanol–water partition coefficient (Wildman–Crippen LogP) is 0.565. The van der Waals surface area contributed by atoms with Crippen molar-refractivity contribution in [1.29, 1.82) is 0 Å². The Labute approximate surface area is 81.9 Å². The van der Waals surface area contributed by atoms with Crippen LogP contribution in [0.1, 0.15) is 11.8 Å². The van der Waals surface area contributed by atoms with Gasteiger partial charge in [0.05, 0.1) is 5.52 Å². The van der Waals surface area contributed by atoms with Gasteiger partial charge in [0, 0.05) is 19.0 Å². The van der Waals surface area contributed by atoms with Crippen LogP contribution in [0.2, 0.25) is 0 Å². The van der Waals surface area contributed by atoms with E-state index in [-0.39, 0.29) is 6.54 Å². The summed E-state index contributed by atoms with van der Waals surface area (Å²) in [5.41, 5.74) is 7.07. The van der Waals surface area contributed by atoms with E-state index < -0.39 is 6.10 Å². The van der Waals surface area contributed by atoms with Gasteiger partial charge in [-0.3, -0.25) is 4.68 Å². The highest BCUT2D eigenvalue weighted by atomic mass is 16.3. The summed E-state index contributed by atoms with van der Waals surface area (Å²) in [6, 6.07) is 7.78. The van der Waals surface area contributed by atoms with Gasteiger partial charge in [0.1, 0.15) is 11.8 Å². The summed E-state index contributed by atoms with van der Waals surface area (Å²) in [5, 5.41) is 14.9. The molecule has 0 fully saturated rings. The number of fused-ring (bicyclic) bond motifs is 1. The second-order valence-electron chi connectivity index (χ2n) is 3.28. The minimum atomic E-state index is -0.680. The van der Waals surface area contributed by atoms with Crippen LogP contribution in [-0.4, -0.2) is 21.4 Å². The summed E-state index contributed by atoms with van der Waals surface area (Å²) >= 11 is 0. The Morgan fingerprint density at radius 3 is 2.93 bits per heavy atom. The molecule has 74 valence electrons. The molecule has 4 nitrogen and oxygen atoms in total. The van der Waals surface area contributed by atoms with Crippen molar-refractivity contribution < 1.29 is 5.11 Å². The molecule has 0 amide bonds. The minimum absolute atomic E-state index is 0.195. The molecule has 0 aliphatic rings. The maximum atomic E-state index is 9.64. The van der Waals surface area contributed by atoms with Crippen LogP contribution in [0.5, 0.6) is 0 Å². The molecule has 1 heterocycles. The third-order valence-electron chi connectivity index (χ3n) is 2.33. The molecule has 3 N–H and O–H groups in total. The lowest BCUT2D eigenvalue weighted by Gasteiger charge is -2.02. The van der Waals surface area contributed by atoms with Crippen molar-refractivity contribution in [2.24, 2.45) is 12.8 Å². The zero-order valence-electron chi connectivity index (χ0n) is 8.01. The van der Waals surface area contributed by atoms with Gasteiger partial charge >= 0.3 is 0 Å². The van der Waals surface area contributed by atoms with Crippen LogP contribution in [0.25, 0.3) is 10.9 Å². The van der Waals surface area contributed by atoms with Crippen LogP contribution < -0.4 is 5.73 Å². The quantitative estimate of drug-likeness (QED) is 0.729. The maximum Gasteiger partial charge on any atom is 0.111 e. The first-order valence-corrected chi connectivity index (χ1v) is 4.54. The SMILES string of the molecule is Cn1nc([C@@H](O)CN)c2ccccc21. The molecule has 1 aromatic carbocycles. The number of para-hydroxylation sites is 1. The number of nitrogens with zero attached hydrogens (tertiary/aromatic N) is 2. The number of aryl methyl sites for hydroxylation is 1. The monoisotopic (exact) mass is 191 g/mol. The zero-order valence-corrected chi connectivity index (χ0v) is 8.01. The van der Waals surface area contributed by atoms with Crippen LogP contribution in [-0.2, 0) is 7.05 Å². The molecule has 2 aromatic rings. The Kier molecular flexibility index (Phi) is 2.23. The Morgan fingerprint density at radius 2 is 2.21 bits per heavy atom. The number of nitrogens with two attached hydrogens (primary N) is 1. The standard InChI is InChI=1S/C10H13N3O/c1-13-8-5-3-2-4-7(8)10(12-13)9(14)6-11/h2-5,9,14H,6,11H2,1H3/t9-/m0/s1. The molecule has 0 aliphatic carbocycles. The van der Waals surface area contributed by atoms with Gasteiger partial charge in [0.2, 0.25) is 0 Å². The number of rotatable bonds is 2. The predicted molar refractivity (Wildman–Crippen MR) is 54.7 cm³/mol. The van der Waals surface area contributed by atoms with Gasteiger partial charge in [0.15, 0.2) is 0 Å². The largest absolute Gasteiger partial charge is 0.385 e. The summed E-state index contributed by atoms with van der Waals surface area (Å²) in [6.07, 6.45) is -0.680. The van der Waals surface area contributed by atoms with Gasteiger partial charge in [-0.05, 0) is 6.07 Å². The van der Waals surface area contributed by atoms with Crippen LogP contribution in [0, 0.1) is 0 Å². The highest BCUT2D eigenvalue weighted by molar-refractivity contribution is 5.82. The molecule has 0 saturated heterocycles. The fourth-order valence-corrected chi connectivity index (χ4v) is 1.60. The molecule has 4 heteroatoms. The van der Waals surface area contributed by atoms with E-state index in [1.807, 2.05) is 31.3 Å². The number of hydrogen-bond acceptors (Lipinski definition) is 3. The first-order valence-electron chi connectivity index (χ1n) is 4.54. The summed E-state index contributed by atoms with van der Waals surface area (Å²) in [4.78, 5) is 0. The lowest BCUT2D eigenvalue weighted by molar-refractivity contribution is 0.182. The van der Waals surface area contributed by atoms with E-state index in [4.69, 9.17) is 5.73 Å². The Morgan fingerprint density at radius 1 is 1.50 bits per heavy atom. The average Bonchev–Trinajstić information content (AvgIpc) is 2.56. The molecule has 1 aromatic heterocycles. The highest BCUT2D eigenvalue weighted by Crippen LogP contribution is 2.22. The Bertz CT molecular complexity index is 450. The Hall–Kier alpha value is -1.39. The van der Waals surface area contributed by atoms with Crippen LogP contribution >= 0.6 is 0 Å². The first-order chi connectivity index (χ1) is 6.74. The minimum Gasteiger partial charge on any atom is -0.385 e. The molecule has 0 aliphatic heterocycles. The van der Waals surface area contributed by atoms with Gasteiger partial charge in [-0.15, -0.1) is 0 Å². The van der Waals surface area contributed by atoms with Gasteiger partial charge in [-0.2, -0.15) is 5.10 Å². The van der Waals surface area contributed by atoms with Crippen molar-refractivity contribution in [3.8, 4) is 0 Å². The zero-order chi connectivity index (χ0) is 10.1. The molecular formula is C10H13N3O. The summed E-state index contributed by atoms with van der Waals surface area (Å²) in [7, 11) is 1.86. The van der Waals surface area contributed by atoms with E-state index >= 15 is 0 Å². The van der Waals surface area contributed by atoms with Gasteiger partial charge in [-0.1, -0.05) is 18.2 Å². The van der Waals surface area contributed by atoms with Crippen LogP contribution in [0.15, 0.2) is 24.3 Å². The van der Waals surface area contributed by atoms with E-state index in [1.54, 1.807) is 4.68 Å². The van der Waals surface area contributed by atoms with Gasteiger partial charge in [0.25, 0.3) is 0 Å². The number of hydrogen-bond donors (Lipinski definition) is 2. The number of aliphatic hydroxyl groups excluding tert-OH is 1. The number of aliphatic hydroxyl groups is 1. The fourth-order valence-electron chi connectivity index (χ4n) is 1.60. The number of benzene rings is 1. The van der Waals surface area contributed by atoms with E-state index in [0.717, 1.165) is 10.9 Å². The second kappa shape index (κ2) is 3.40. The molecule has 0 spiro atoms. The molecule has 2 rings (SSSR count). The van der Waals surface area contributed by atoms with Gasteiger partial charge < -0.3 is 10.8 Å². The van der Waals surface area contributed by atoms with Crippen molar-refractivity contribution in [3.63, 3.8) is 0 Å². The van der Waals surface area contributed by atoms with Crippen molar-refractivity contribution in [2.75, 3.05) is 6.54 Å².